The highest BCUT2D eigenvalue weighted by molar-refractivity contribution is 6.35. The van der Waals surface area contributed by atoms with E-state index < -0.39 is 0 Å². The van der Waals surface area contributed by atoms with Crippen LogP contribution in [0, 0.1) is 0 Å². The highest BCUT2D eigenvalue weighted by atomic mass is 35.5. The molecule has 2 aromatic carbocycles. The second kappa shape index (κ2) is 7.68. The van der Waals surface area contributed by atoms with Crippen LogP contribution in [-0.2, 0) is 4.79 Å². The lowest BCUT2D eigenvalue weighted by Crippen LogP contribution is -2.30. The predicted octanol–water partition coefficient (Wildman–Crippen LogP) is 4.95. The summed E-state index contributed by atoms with van der Waals surface area (Å²) >= 11 is 12.2. The van der Waals surface area contributed by atoms with Crippen LogP contribution in [0.2, 0.25) is 10.0 Å². The topological polar surface area (TPSA) is 40.6 Å². The number of nitrogens with zero attached hydrogens (tertiary/aromatic N) is 2. The van der Waals surface area contributed by atoms with Crippen molar-refractivity contribution in [3.05, 3.63) is 63.6 Å². The van der Waals surface area contributed by atoms with E-state index in [9.17, 15) is 9.59 Å². The average molecular weight is 391 g/mol. The van der Waals surface area contributed by atoms with Crippen LogP contribution in [0.15, 0.2) is 42.5 Å². The van der Waals surface area contributed by atoms with E-state index in [1.54, 1.807) is 41.1 Å². The molecule has 3 rings (SSSR count). The van der Waals surface area contributed by atoms with E-state index in [-0.39, 0.29) is 17.9 Å². The van der Waals surface area contributed by atoms with Crippen molar-refractivity contribution in [2.45, 2.75) is 25.8 Å². The van der Waals surface area contributed by atoms with Crippen molar-refractivity contribution in [1.29, 1.82) is 0 Å². The van der Waals surface area contributed by atoms with E-state index in [1.165, 1.54) is 0 Å². The Bertz CT molecular complexity index is 836. The Labute approximate surface area is 163 Å². The van der Waals surface area contributed by atoms with E-state index in [1.807, 2.05) is 25.1 Å². The second-order valence-corrected chi connectivity index (χ2v) is 7.30. The molecule has 1 aliphatic rings. The Morgan fingerprint density at radius 3 is 2.42 bits per heavy atom. The summed E-state index contributed by atoms with van der Waals surface area (Å²) in [5, 5.41) is 1.10. The lowest BCUT2D eigenvalue weighted by atomic mass is 10.1. The van der Waals surface area contributed by atoms with E-state index >= 15 is 0 Å². The van der Waals surface area contributed by atoms with Crippen molar-refractivity contribution in [2.24, 2.45) is 0 Å². The smallest absolute Gasteiger partial charge is 0.254 e. The van der Waals surface area contributed by atoms with Gasteiger partial charge in [-0.1, -0.05) is 29.3 Å². The van der Waals surface area contributed by atoms with Gasteiger partial charge in [0.15, 0.2) is 0 Å². The van der Waals surface area contributed by atoms with Crippen molar-refractivity contribution in [3.8, 4) is 0 Å². The molecule has 0 spiro atoms. The maximum Gasteiger partial charge on any atom is 0.254 e. The van der Waals surface area contributed by atoms with Gasteiger partial charge in [-0.15, -0.1) is 0 Å². The molecule has 1 fully saturated rings. The zero-order chi connectivity index (χ0) is 18.8. The maximum atomic E-state index is 12.8. The molecule has 0 radical (unpaired) electrons. The first-order chi connectivity index (χ1) is 12.4. The van der Waals surface area contributed by atoms with Crippen LogP contribution in [0.25, 0.3) is 0 Å². The molecule has 0 aromatic heterocycles. The van der Waals surface area contributed by atoms with Crippen LogP contribution >= 0.6 is 23.2 Å². The minimum Gasteiger partial charge on any atom is -0.335 e. The molecule has 0 N–H and O–H groups in total. The van der Waals surface area contributed by atoms with Crippen molar-refractivity contribution < 1.29 is 9.59 Å². The summed E-state index contributed by atoms with van der Waals surface area (Å²) in [6.07, 6.45) is 1.46. The third-order valence-electron chi connectivity index (χ3n) is 4.81. The molecule has 1 atom stereocenters. The maximum absolute atomic E-state index is 12.8. The lowest BCUT2D eigenvalue weighted by Gasteiger charge is -2.26. The van der Waals surface area contributed by atoms with Crippen LogP contribution < -0.4 is 4.90 Å². The van der Waals surface area contributed by atoms with Gasteiger partial charge in [-0.2, -0.15) is 0 Å². The second-order valence-electron chi connectivity index (χ2n) is 6.45. The van der Waals surface area contributed by atoms with Crippen molar-refractivity contribution in [1.82, 2.24) is 4.90 Å². The first kappa shape index (κ1) is 18.7. The Morgan fingerprint density at radius 1 is 1.15 bits per heavy atom. The van der Waals surface area contributed by atoms with E-state index in [0.717, 1.165) is 24.2 Å². The van der Waals surface area contributed by atoms with Gasteiger partial charge in [0, 0.05) is 41.3 Å². The number of rotatable bonds is 4. The predicted molar refractivity (Wildman–Crippen MR) is 105 cm³/mol. The molecule has 6 heteroatoms. The van der Waals surface area contributed by atoms with Crippen LogP contribution in [0.1, 0.15) is 41.7 Å². The molecule has 0 saturated carbocycles. The van der Waals surface area contributed by atoms with E-state index in [2.05, 4.69) is 0 Å². The Balaban J connectivity index is 1.76. The van der Waals surface area contributed by atoms with Gasteiger partial charge in [0.2, 0.25) is 5.91 Å². The van der Waals surface area contributed by atoms with Crippen LogP contribution in [0.5, 0.6) is 0 Å². The largest absolute Gasteiger partial charge is 0.335 e. The summed E-state index contributed by atoms with van der Waals surface area (Å²) in [5.74, 6) is 0.0232. The summed E-state index contributed by atoms with van der Waals surface area (Å²) in [6.45, 7) is 2.66. The molecular weight excluding hydrogens is 371 g/mol. The summed E-state index contributed by atoms with van der Waals surface area (Å²) in [6, 6.07) is 12.2. The quantitative estimate of drug-likeness (QED) is 0.740. The number of hydrogen-bond acceptors (Lipinski definition) is 2. The molecule has 1 aliphatic heterocycles. The van der Waals surface area contributed by atoms with E-state index in [0.29, 0.717) is 22.0 Å². The van der Waals surface area contributed by atoms with Gasteiger partial charge in [-0.05, 0) is 55.3 Å². The normalized spacial score (nSPS) is 15.2. The SMILES string of the molecule is C[C@@H](c1ccc(Cl)cc1Cl)N(C)C(=O)c1ccc(N2CCCC2=O)cc1. The Morgan fingerprint density at radius 2 is 1.85 bits per heavy atom. The highest BCUT2D eigenvalue weighted by Crippen LogP contribution is 2.30. The molecule has 4 nitrogen and oxygen atoms in total. The molecule has 0 unspecified atom stereocenters. The Hall–Kier alpha value is -2.04. The fourth-order valence-electron chi connectivity index (χ4n) is 3.13. The average Bonchev–Trinajstić information content (AvgIpc) is 3.06. The third kappa shape index (κ3) is 3.71. The fourth-order valence-corrected chi connectivity index (χ4v) is 3.70. The molecule has 0 bridgehead atoms. The van der Waals surface area contributed by atoms with Gasteiger partial charge in [0.25, 0.3) is 5.91 Å². The molecular formula is C20H20Cl2N2O2. The van der Waals surface area contributed by atoms with Crippen LogP contribution in [0.3, 0.4) is 0 Å². The van der Waals surface area contributed by atoms with Crippen LogP contribution in [0.4, 0.5) is 5.69 Å². The van der Waals surface area contributed by atoms with Gasteiger partial charge < -0.3 is 9.80 Å². The summed E-state index contributed by atoms with van der Waals surface area (Å²) in [7, 11) is 1.75. The third-order valence-corrected chi connectivity index (χ3v) is 5.38. The number of halogens is 2. The number of carbonyl (C=O) groups is 2. The van der Waals surface area contributed by atoms with Crippen LogP contribution in [-0.4, -0.2) is 30.3 Å². The van der Waals surface area contributed by atoms with E-state index in [4.69, 9.17) is 23.2 Å². The number of amides is 2. The van der Waals surface area contributed by atoms with Gasteiger partial charge in [0.1, 0.15) is 0 Å². The van der Waals surface area contributed by atoms with Gasteiger partial charge in [-0.3, -0.25) is 9.59 Å². The summed E-state index contributed by atoms with van der Waals surface area (Å²) < 4.78 is 0. The molecule has 1 heterocycles. The standard InChI is InChI=1S/C20H20Cl2N2O2/c1-13(17-10-7-15(21)12-18(17)22)23(2)20(26)14-5-8-16(9-6-14)24-11-3-4-19(24)25/h5-10,12-13H,3-4,11H2,1-2H3/t13-/m0/s1. The van der Waals surface area contributed by atoms with Gasteiger partial charge in [-0.25, -0.2) is 0 Å². The molecule has 2 amide bonds. The highest BCUT2D eigenvalue weighted by Gasteiger charge is 2.23. The molecule has 1 saturated heterocycles. The molecule has 0 aliphatic carbocycles. The monoisotopic (exact) mass is 390 g/mol. The Kier molecular flexibility index (Phi) is 5.54. The number of anilines is 1. The molecule has 2 aromatic rings. The first-order valence-electron chi connectivity index (χ1n) is 8.51. The minimum absolute atomic E-state index is 0.109. The minimum atomic E-state index is -0.202. The first-order valence-corrected chi connectivity index (χ1v) is 9.26. The molecule has 26 heavy (non-hydrogen) atoms. The number of benzene rings is 2. The summed E-state index contributed by atoms with van der Waals surface area (Å²) in [4.78, 5) is 28.0. The van der Waals surface area contributed by atoms with Gasteiger partial charge >= 0.3 is 0 Å². The molecule has 136 valence electrons. The van der Waals surface area contributed by atoms with Gasteiger partial charge in [0.05, 0.1) is 6.04 Å². The van der Waals surface area contributed by atoms with Crippen molar-refractivity contribution in [2.75, 3.05) is 18.5 Å². The van der Waals surface area contributed by atoms with Crippen molar-refractivity contribution in [3.63, 3.8) is 0 Å². The number of hydrogen-bond donors (Lipinski definition) is 0. The van der Waals surface area contributed by atoms with Crippen molar-refractivity contribution >= 4 is 40.7 Å². The summed E-state index contributed by atoms with van der Waals surface area (Å²) in [5.41, 5.74) is 2.24. The number of carbonyl (C=O) groups excluding carboxylic acids is 2. The zero-order valence-corrected chi connectivity index (χ0v) is 16.2. The zero-order valence-electron chi connectivity index (χ0n) is 14.7. The lowest BCUT2D eigenvalue weighted by molar-refractivity contribution is -0.117. The fraction of sp³-hybridized carbons (Fsp3) is 0.300.